The van der Waals surface area contributed by atoms with E-state index in [1.54, 1.807) is 6.92 Å². The Bertz CT molecular complexity index is 718. The molecule has 0 fully saturated rings. The minimum atomic E-state index is -1.09. The van der Waals surface area contributed by atoms with Crippen LogP contribution in [0.5, 0.6) is 0 Å². The zero-order valence-corrected chi connectivity index (χ0v) is 12.6. The van der Waals surface area contributed by atoms with Crippen molar-refractivity contribution >= 4 is 5.97 Å². The Labute approximate surface area is 122 Å². The van der Waals surface area contributed by atoms with Gasteiger partial charge in [-0.3, -0.25) is 4.79 Å². The van der Waals surface area contributed by atoms with Crippen molar-refractivity contribution < 1.29 is 9.90 Å². The molecule has 6 nitrogen and oxygen atoms in total. The largest absolute Gasteiger partial charge is 0.480 e. The van der Waals surface area contributed by atoms with Gasteiger partial charge in [0.25, 0.3) is 0 Å². The predicted molar refractivity (Wildman–Crippen MR) is 78.9 cm³/mol. The lowest BCUT2D eigenvalue weighted by Crippen LogP contribution is -2.27. The van der Waals surface area contributed by atoms with E-state index in [-0.39, 0.29) is 5.41 Å². The summed E-state index contributed by atoms with van der Waals surface area (Å²) in [6, 6.07) is 7.63. The Morgan fingerprint density at radius 2 is 1.81 bits per heavy atom. The summed E-state index contributed by atoms with van der Waals surface area (Å²) in [4.78, 5) is 22.9. The maximum Gasteiger partial charge on any atom is 0.351 e. The fourth-order valence-corrected chi connectivity index (χ4v) is 2.15. The third-order valence-electron chi connectivity index (χ3n) is 3.28. The Kier molecular flexibility index (Phi) is 3.72. The van der Waals surface area contributed by atoms with Crippen LogP contribution in [0.15, 0.2) is 29.1 Å². The summed E-state index contributed by atoms with van der Waals surface area (Å²) in [5, 5.41) is 12.8. The zero-order valence-electron chi connectivity index (χ0n) is 12.6. The fourth-order valence-electron chi connectivity index (χ4n) is 2.15. The molecule has 1 aromatic carbocycles. The first-order valence-corrected chi connectivity index (χ1v) is 6.69. The van der Waals surface area contributed by atoms with Gasteiger partial charge in [0, 0.05) is 0 Å². The quantitative estimate of drug-likeness (QED) is 0.933. The number of aryl methyl sites for hydroxylation is 1. The number of carboxylic acid groups (broad SMARTS) is 1. The van der Waals surface area contributed by atoms with Gasteiger partial charge in [0.1, 0.15) is 12.4 Å². The summed E-state index contributed by atoms with van der Waals surface area (Å²) < 4.78 is 2.37. The van der Waals surface area contributed by atoms with Crippen molar-refractivity contribution in [3.8, 4) is 5.69 Å². The third kappa shape index (κ3) is 3.04. The van der Waals surface area contributed by atoms with Gasteiger partial charge in [-0.15, -0.1) is 0 Å². The molecular weight excluding hydrogens is 270 g/mol. The topological polar surface area (TPSA) is 77.1 Å². The summed E-state index contributed by atoms with van der Waals surface area (Å²) in [5.74, 6) is -0.630. The number of benzene rings is 1. The van der Waals surface area contributed by atoms with Gasteiger partial charge in [-0.25, -0.2) is 14.0 Å². The van der Waals surface area contributed by atoms with Gasteiger partial charge < -0.3 is 5.11 Å². The molecule has 0 aliphatic rings. The predicted octanol–water partition coefficient (Wildman–Crippen LogP) is 1.72. The molecule has 0 amide bonds. The van der Waals surface area contributed by atoms with E-state index in [0.29, 0.717) is 11.5 Å². The number of carbonyl (C=O) groups is 1. The van der Waals surface area contributed by atoms with Crippen molar-refractivity contribution in [3.63, 3.8) is 0 Å². The number of carboxylic acids is 1. The van der Waals surface area contributed by atoms with E-state index in [1.807, 2.05) is 24.3 Å². The van der Waals surface area contributed by atoms with Crippen molar-refractivity contribution in [1.82, 2.24) is 14.3 Å². The SMILES string of the molecule is Cc1nn(CC(=O)O)c(=O)n1-c1ccc(C(C)(C)C)cc1. The third-order valence-corrected chi connectivity index (χ3v) is 3.28. The minimum Gasteiger partial charge on any atom is -0.480 e. The van der Waals surface area contributed by atoms with E-state index in [4.69, 9.17) is 5.11 Å². The van der Waals surface area contributed by atoms with Crippen LogP contribution in [0, 0.1) is 6.92 Å². The van der Waals surface area contributed by atoms with Gasteiger partial charge in [0.2, 0.25) is 0 Å². The number of rotatable bonds is 3. The van der Waals surface area contributed by atoms with Crippen molar-refractivity contribution in [2.45, 2.75) is 39.7 Å². The molecule has 0 bridgehead atoms. The molecule has 6 heteroatoms. The van der Waals surface area contributed by atoms with Crippen LogP contribution in [0.25, 0.3) is 5.69 Å². The molecular formula is C15H19N3O3. The average Bonchev–Trinajstić information content (AvgIpc) is 2.63. The first-order chi connectivity index (χ1) is 9.70. The molecule has 0 unspecified atom stereocenters. The molecule has 0 saturated carbocycles. The molecule has 1 N–H and O–H groups in total. The van der Waals surface area contributed by atoms with Gasteiger partial charge in [-0.1, -0.05) is 32.9 Å². The lowest BCUT2D eigenvalue weighted by Gasteiger charge is -2.19. The molecule has 21 heavy (non-hydrogen) atoms. The van der Waals surface area contributed by atoms with Crippen molar-refractivity contribution in [3.05, 3.63) is 46.1 Å². The fraction of sp³-hybridized carbons (Fsp3) is 0.400. The maximum absolute atomic E-state index is 12.2. The van der Waals surface area contributed by atoms with E-state index in [9.17, 15) is 9.59 Å². The molecule has 2 aromatic rings. The van der Waals surface area contributed by atoms with Crippen molar-refractivity contribution in [2.24, 2.45) is 0 Å². The molecule has 2 rings (SSSR count). The highest BCUT2D eigenvalue weighted by Crippen LogP contribution is 2.23. The molecule has 1 aromatic heterocycles. The van der Waals surface area contributed by atoms with E-state index >= 15 is 0 Å². The van der Waals surface area contributed by atoms with Crippen LogP contribution >= 0.6 is 0 Å². The first kappa shape index (κ1) is 15.0. The second-order valence-electron chi connectivity index (χ2n) is 6.01. The molecule has 1 heterocycles. The lowest BCUT2D eigenvalue weighted by molar-refractivity contribution is -0.137. The van der Waals surface area contributed by atoms with Crippen LogP contribution in [0.1, 0.15) is 32.2 Å². The van der Waals surface area contributed by atoms with Crippen LogP contribution in [0.3, 0.4) is 0 Å². The highest BCUT2D eigenvalue weighted by atomic mass is 16.4. The van der Waals surface area contributed by atoms with E-state index in [2.05, 4.69) is 25.9 Å². The number of hydrogen-bond donors (Lipinski definition) is 1. The van der Waals surface area contributed by atoms with E-state index < -0.39 is 18.2 Å². The molecule has 0 aliphatic heterocycles. The van der Waals surface area contributed by atoms with E-state index in [1.165, 1.54) is 4.57 Å². The summed E-state index contributed by atoms with van der Waals surface area (Å²) in [6.45, 7) is 7.59. The zero-order chi connectivity index (χ0) is 15.8. The van der Waals surface area contributed by atoms with Crippen molar-refractivity contribution in [2.75, 3.05) is 0 Å². The van der Waals surface area contributed by atoms with Gasteiger partial charge in [0.05, 0.1) is 5.69 Å². The van der Waals surface area contributed by atoms with Gasteiger partial charge in [0.15, 0.2) is 0 Å². The Balaban J connectivity index is 2.45. The number of aliphatic carboxylic acids is 1. The van der Waals surface area contributed by atoms with Crippen LogP contribution in [0.2, 0.25) is 0 Å². The molecule has 0 atom stereocenters. The van der Waals surface area contributed by atoms with Gasteiger partial charge in [-0.05, 0) is 30.0 Å². The number of aromatic nitrogens is 3. The molecule has 112 valence electrons. The standard InChI is InChI=1S/C15H19N3O3/c1-10-16-17(9-13(19)20)14(21)18(10)12-7-5-11(6-8-12)15(2,3)4/h5-8H,9H2,1-4H3,(H,19,20). The average molecular weight is 289 g/mol. The highest BCUT2D eigenvalue weighted by Gasteiger charge is 2.16. The Hall–Kier alpha value is -2.37. The Morgan fingerprint density at radius 3 is 2.29 bits per heavy atom. The second-order valence-corrected chi connectivity index (χ2v) is 6.01. The number of nitrogens with zero attached hydrogens (tertiary/aromatic N) is 3. The van der Waals surface area contributed by atoms with Crippen LogP contribution in [-0.4, -0.2) is 25.4 Å². The Morgan fingerprint density at radius 1 is 1.24 bits per heavy atom. The summed E-state index contributed by atoms with van der Waals surface area (Å²) in [6.07, 6.45) is 0. The molecule has 0 saturated heterocycles. The maximum atomic E-state index is 12.2. The summed E-state index contributed by atoms with van der Waals surface area (Å²) >= 11 is 0. The summed E-state index contributed by atoms with van der Waals surface area (Å²) in [5.41, 5.74) is 1.43. The molecule has 0 aliphatic carbocycles. The minimum absolute atomic E-state index is 0.0338. The normalized spacial score (nSPS) is 11.6. The molecule has 0 radical (unpaired) electrons. The van der Waals surface area contributed by atoms with Crippen molar-refractivity contribution in [1.29, 1.82) is 0 Å². The highest BCUT2D eigenvalue weighted by molar-refractivity contribution is 5.66. The monoisotopic (exact) mass is 289 g/mol. The smallest absolute Gasteiger partial charge is 0.351 e. The van der Waals surface area contributed by atoms with Gasteiger partial charge in [-0.2, -0.15) is 5.10 Å². The lowest BCUT2D eigenvalue weighted by atomic mass is 9.87. The first-order valence-electron chi connectivity index (χ1n) is 6.69. The van der Waals surface area contributed by atoms with Crippen LogP contribution in [-0.2, 0) is 16.8 Å². The van der Waals surface area contributed by atoms with Crippen LogP contribution < -0.4 is 5.69 Å². The van der Waals surface area contributed by atoms with Crippen LogP contribution in [0.4, 0.5) is 0 Å². The van der Waals surface area contributed by atoms with Gasteiger partial charge >= 0.3 is 11.7 Å². The second kappa shape index (κ2) is 5.20. The number of hydrogen-bond acceptors (Lipinski definition) is 3. The summed E-state index contributed by atoms with van der Waals surface area (Å²) in [7, 11) is 0. The van der Waals surface area contributed by atoms with E-state index in [0.717, 1.165) is 10.2 Å². The molecule has 0 spiro atoms.